The highest BCUT2D eigenvalue weighted by Gasteiger charge is 2.20. The van der Waals surface area contributed by atoms with Gasteiger partial charge >= 0.3 is 0 Å². The van der Waals surface area contributed by atoms with Crippen molar-refractivity contribution in [2.24, 2.45) is 11.3 Å². The van der Waals surface area contributed by atoms with E-state index in [1.54, 1.807) is 0 Å². The summed E-state index contributed by atoms with van der Waals surface area (Å²) in [7, 11) is 0. The fourth-order valence-electron chi connectivity index (χ4n) is 2.22. The van der Waals surface area contributed by atoms with Gasteiger partial charge in [0.1, 0.15) is 0 Å². The molecule has 1 saturated heterocycles. The third kappa shape index (κ3) is 5.83. The minimum absolute atomic E-state index is 0.237. The lowest BCUT2D eigenvalue weighted by atomic mass is 9.88. The van der Waals surface area contributed by atoms with Crippen molar-refractivity contribution in [1.82, 2.24) is 5.32 Å². The Hall–Kier alpha value is -0.120. The highest BCUT2D eigenvalue weighted by molar-refractivity contribution is 4.76. The molecule has 1 aliphatic rings. The second-order valence-corrected chi connectivity index (χ2v) is 6.11. The Morgan fingerprint density at radius 3 is 2.44 bits per heavy atom. The quantitative estimate of drug-likeness (QED) is 0.755. The molecule has 2 N–H and O–H groups in total. The molecule has 0 saturated carbocycles. The van der Waals surface area contributed by atoms with E-state index in [4.69, 9.17) is 4.74 Å². The molecule has 0 spiro atoms. The van der Waals surface area contributed by atoms with E-state index < -0.39 is 0 Å². The van der Waals surface area contributed by atoms with Gasteiger partial charge in [-0.15, -0.1) is 0 Å². The molecule has 1 unspecified atom stereocenters. The first kappa shape index (κ1) is 13.9. The van der Waals surface area contributed by atoms with E-state index in [1.807, 2.05) is 0 Å². The minimum Gasteiger partial charge on any atom is -0.395 e. The molecule has 0 bridgehead atoms. The molecule has 1 atom stereocenters. The average molecular weight is 229 g/mol. The van der Waals surface area contributed by atoms with Crippen LogP contribution >= 0.6 is 0 Å². The van der Waals surface area contributed by atoms with Crippen molar-refractivity contribution >= 4 is 0 Å². The largest absolute Gasteiger partial charge is 0.395 e. The number of aliphatic hydroxyl groups excluding tert-OH is 1. The molecule has 1 aliphatic heterocycles. The van der Waals surface area contributed by atoms with Gasteiger partial charge in [-0.3, -0.25) is 0 Å². The highest BCUT2D eigenvalue weighted by Crippen LogP contribution is 2.21. The van der Waals surface area contributed by atoms with Crippen LogP contribution in [0.5, 0.6) is 0 Å². The molecule has 3 nitrogen and oxygen atoms in total. The second-order valence-electron chi connectivity index (χ2n) is 6.11. The maximum Gasteiger partial charge on any atom is 0.0584 e. The van der Waals surface area contributed by atoms with Gasteiger partial charge in [0.05, 0.1) is 6.61 Å². The SMILES string of the molecule is CC(C)(C)CC(CO)NCC1CCOCC1. The summed E-state index contributed by atoms with van der Waals surface area (Å²) in [6, 6.07) is 0.239. The normalized spacial score (nSPS) is 21.0. The van der Waals surface area contributed by atoms with Crippen LogP contribution < -0.4 is 5.32 Å². The number of ether oxygens (including phenoxy) is 1. The summed E-state index contributed by atoms with van der Waals surface area (Å²) in [5.74, 6) is 0.725. The topological polar surface area (TPSA) is 41.5 Å². The lowest BCUT2D eigenvalue weighted by Crippen LogP contribution is -2.39. The molecule has 96 valence electrons. The Morgan fingerprint density at radius 1 is 1.31 bits per heavy atom. The van der Waals surface area contributed by atoms with Crippen LogP contribution in [0.2, 0.25) is 0 Å². The molecule has 1 fully saturated rings. The number of nitrogens with one attached hydrogen (secondary N) is 1. The number of aliphatic hydroxyl groups is 1. The third-order valence-corrected chi connectivity index (χ3v) is 3.12. The number of hydrogen-bond donors (Lipinski definition) is 2. The molecule has 16 heavy (non-hydrogen) atoms. The molecule has 0 radical (unpaired) electrons. The maximum atomic E-state index is 9.33. The van der Waals surface area contributed by atoms with E-state index in [2.05, 4.69) is 26.1 Å². The van der Waals surface area contributed by atoms with E-state index >= 15 is 0 Å². The smallest absolute Gasteiger partial charge is 0.0584 e. The van der Waals surface area contributed by atoms with Gasteiger partial charge in [-0.25, -0.2) is 0 Å². The Kier molecular flexibility index (Phi) is 5.73. The molecule has 0 aromatic rings. The van der Waals surface area contributed by atoms with Crippen molar-refractivity contribution in [1.29, 1.82) is 0 Å². The Morgan fingerprint density at radius 2 is 1.94 bits per heavy atom. The summed E-state index contributed by atoms with van der Waals surface area (Å²) in [5.41, 5.74) is 0.274. The van der Waals surface area contributed by atoms with Crippen LogP contribution in [0.25, 0.3) is 0 Å². The van der Waals surface area contributed by atoms with Gasteiger partial charge in [0.15, 0.2) is 0 Å². The van der Waals surface area contributed by atoms with E-state index in [9.17, 15) is 5.11 Å². The fraction of sp³-hybridized carbons (Fsp3) is 1.00. The van der Waals surface area contributed by atoms with Crippen LogP contribution in [0.1, 0.15) is 40.0 Å². The van der Waals surface area contributed by atoms with Crippen molar-refractivity contribution < 1.29 is 9.84 Å². The van der Waals surface area contributed by atoms with Gasteiger partial charge in [0.2, 0.25) is 0 Å². The lowest BCUT2D eigenvalue weighted by Gasteiger charge is -2.28. The fourth-order valence-corrected chi connectivity index (χ4v) is 2.22. The van der Waals surface area contributed by atoms with Crippen molar-refractivity contribution in [2.75, 3.05) is 26.4 Å². The summed E-state index contributed by atoms with van der Waals surface area (Å²) in [4.78, 5) is 0. The van der Waals surface area contributed by atoms with E-state index in [-0.39, 0.29) is 18.1 Å². The predicted octanol–water partition coefficient (Wildman–Crippen LogP) is 1.80. The van der Waals surface area contributed by atoms with Crippen molar-refractivity contribution in [3.05, 3.63) is 0 Å². The lowest BCUT2D eigenvalue weighted by molar-refractivity contribution is 0.0636. The monoisotopic (exact) mass is 229 g/mol. The summed E-state index contributed by atoms with van der Waals surface area (Å²) in [6.45, 7) is 9.69. The maximum absolute atomic E-state index is 9.33. The van der Waals surface area contributed by atoms with Gasteiger partial charge in [-0.05, 0) is 37.1 Å². The summed E-state index contributed by atoms with van der Waals surface area (Å²) >= 11 is 0. The van der Waals surface area contributed by atoms with Crippen LogP contribution in [-0.4, -0.2) is 37.5 Å². The highest BCUT2D eigenvalue weighted by atomic mass is 16.5. The first-order valence-electron chi connectivity index (χ1n) is 6.43. The average Bonchev–Trinajstić information content (AvgIpc) is 2.24. The zero-order chi connectivity index (χ0) is 12.0. The van der Waals surface area contributed by atoms with E-state index in [0.29, 0.717) is 0 Å². The van der Waals surface area contributed by atoms with Crippen LogP contribution in [-0.2, 0) is 4.74 Å². The molecule has 1 rings (SSSR count). The van der Waals surface area contributed by atoms with Crippen LogP contribution in [0.3, 0.4) is 0 Å². The van der Waals surface area contributed by atoms with Crippen LogP contribution in [0, 0.1) is 11.3 Å². The molecular weight excluding hydrogens is 202 g/mol. The van der Waals surface area contributed by atoms with Crippen LogP contribution in [0.4, 0.5) is 0 Å². The molecular formula is C13H27NO2. The van der Waals surface area contributed by atoms with Gasteiger partial charge in [0, 0.05) is 19.3 Å². The van der Waals surface area contributed by atoms with Gasteiger partial charge in [0.25, 0.3) is 0 Å². The zero-order valence-corrected chi connectivity index (χ0v) is 11.0. The number of rotatable bonds is 5. The van der Waals surface area contributed by atoms with Crippen molar-refractivity contribution in [3.63, 3.8) is 0 Å². The molecule has 0 aliphatic carbocycles. The molecule has 1 heterocycles. The third-order valence-electron chi connectivity index (χ3n) is 3.12. The Bertz CT molecular complexity index is 183. The molecule has 0 amide bonds. The second kappa shape index (κ2) is 6.58. The van der Waals surface area contributed by atoms with E-state index in [1.165, 1.54) is 0 Å². The Balaban J connectivity index is 2.22. The first-order chi connectivity index (χ1) is 7.51. The van der Waals surface area contributed by atoms with Crippen molar-refractivity contribution in [3.8, 4) is 0 Å². The molecule has 0 aromatic carbocycles. The summed E-state index contributed by atoms with van der Waals surface area (Å²) in [5, 5.41) is 12.8. The predicted molar refractivity (Wildman–Crippen MR) is 66.5 cm³/mol. The van der Waals surface area contributed by atoms with Gasteiger partial charge < -0.3 is 15.2 Å². The Labute approximate surface area is 99.6 Å². The number of hydrogen-bond acceptors (Lipinski definition) is 3. The summed E-state index contributed by atoms with van der Waals surface area (Å²) in [6.07, 6.45) is 3.33. The zero-order valence-electron chi connectivity index (χ0n) is 11.0. The standard InChI is InChI=1S/C13H27NO2/c1-13(2,3)8-12(10-15)14-9-11-4-6-16-7-5-11/h11-12,14-15H,4-10H2,1-3H3. The van der Waals surface area contributed by atoms with E-state index in [0.717, 1.165) is 44.9 Å². The van der Waals surface area contributed by atoms with Crippen LogP contribution in [0.15, 0.2) is 0 Å². The van der Waals surface area contributed by atoms with Crippen molar-refractivity contribution in [2.45, 2.75) is 46.1 Å². The van der Waals surface area contributed by atoms with Gasteiger partial charge in [-0.2, -0.15) is 0 Å². The molecule has 0 aromatic heterocycles. The first-order valence-corrected chi connectivity index (χ1v) is 6.43. The minimum atomic E-state index is 0.237. The van der Waals surface area contributed by atoms with Gasteiger partial charge in [-0.1, -0.05) is 20.8 Å². The molecule has 3 heteroatoms. The summed E-state index contributed by atoms with van der Waals surface area (Å²) < 4.78 is 5.34.